The highest BCUT2D eigenvalue weighted by molar-refractivity contribution is 5.61. The van der Waals surface area contributed by atoms with Crippen LogP contribution in [0.15, 0.2) is 14.1 Å². The summed E-state index contributed by atoms with van der Waals surface area (Å²) in [6, 6.07) is 0. The third kappa shape index (κ3) is 4.49. The Balaban J connectivity index is 2.23. The predicted molar refractivity (Wildman–Crippen MR) is 95.7 cm³/mol. The first kappa shape index (κ1) is 18.8. The monoisotopic (exact) mass is 350 g/mol. The highest BCUT2D eigenvalue weighted by Gasteiger charge is 2.18. The lowest BCUT2D eigenvalue weighted by atomic mass is 10.2. The second-order valence-electron chi connectivity index (χ2n) is 6.06. The highest BCUT2D eigenvalue weighted by atomic mass is 16.5. The predicted octanol–water partition coefficient (Wildman–Crippen LogP) is 1.28. The molecule has 0 spiro atoms. The molecule has 3 N–H and O–H groups in total. The van der Waals surface area contributed by atoms with E-state index in [4.69, 9.17) is 10.3 Å². The quantitative estimate of drug-likeness (QED) is 0.698. The van der Waals surface area contributed by atoms with E-state index in [1.54, 1.807) is 11.9 Å². The van der Waals surface area contributed by atoms with Crippen molar-refractivity contribution in [2.45, 2.75) is 59.0 Å². The molecule has 0 aliphatic rings. The van der Waals surface area contributed by atoms with E-state index in [1.165, 1.54) is 4.57 Å². The first-order chi connectivity index (χ1) is 12.0. The molecule has 0 saturated heterocycles. The Morgan fingerprint density at radius 3 is 2.64 bits per heavy atom. The number of H-pyrrole nitrogens is 1. The van der Waals surface area contributed by atoms with Crippen molar-refractivity contribution in [1.82, 2.24) is 19.7 Å². The molecule has 25 heavy (non-hydrogen) atoms. The van der Waals surface area contributed by atoms with Crippen molar-refractivity contribution in [3.05, 3.63) is 32.6 Å². The van der Waals surface area contributed by atoms with Crippen LogP contribution >= 0.6 is 0 Å². The van der Waals surface area contributed by atoms with E-state index in [2.05, 4.69) is 22.0 Å². The van der Waals surface area contributed by atoms with Crippen LogP contribution in [0.4, 0.5) is 11.5 Å². The maximum absolute atomic E-state index is 12.2. The summed E-state index contributed by atoms with van der Waals surface area (Å²) in [6.07, 6.45) is 4.51. The number of nitrogen functional groups attached to an aromatic ring is 1. The van der Waals surface area contributed by atoms with Crippen molar-refractivity contribution >= 4 is 11.5 Å². The zero-order valence-electron chi connectivity index (χ0n) is 15.0. The number of nitrogens with one attached hydrogen (secondary N) is 1. The van der Waals surface area contributed by atoms with Gasteiger partial charge in [0.05, 0.1) is 6.54 Å². The van der Waals surface area contributed by atoms with Gasteiger partial charge in [-0.3, -0.25) is 14.3 Å². The van der Waals surface area contributed by atoms with Crippen molar-refractivity contribution < 1.29 is 4.52 Å². The van der Waals surface area contributed by atoms with Crippen molar-refractivity contribution in [2.24, 2.45) is 0 Å². The minimum absolute atomic E-state index is 0.149. The fourth-order valence-electron chi connectivity index (χ4n) is 2.56. The van der Waals surface area contributed by atoms with Crippen LogP contribution < -0.4 is 21.9 Å². The van der Waals surface area contributed by atoms with E-state index in [1.807, 2.05) is 6.92 Å². The van der Waals surface area contributed by atoms with Crippen LogP contribution in [-0.4, -0.2) is 26.7 Å². The molecule has 0 radical (unpaired) electrons. The minimum Gasteiger partial charge on any atom is -0.383 e. The maximum atomic E-state index is 12.2. The summed E-state index contributed by atoms with van der Waals surface area (Å²) in [6.45, 7) is 4.81. The van der Waals surface area contributed by atoms with Gasteiger partial charge in [0.1, 0.15) is 11.5 Å². The molecular weight excluding hydrogens is 324 g/mol. The average molecular weight is 350 g/mol. The molecule has 0 bridgehead atoms. The van der Waals surface area contributed by atoms with E-state index in [0.29, 0.717) is 18.3 Å². The van der Waals surface area contributed by atoms with Crippen LogP contribution in [0, 0.1) is 0 Å². The Morgan fingerprint density at radius 1 is 1.24 bits per heavy atom. The number of unbranched alkanes of at least 4 members (excludes halogenated alkanes) is 2. The fraction of sp³-hybridized carbons (Fsp3) is 0.625. The highest BCUT2D eigenvalue weighted by Crippen LogP contribution is 2.17. The summed E-state index contributed by atoms with van der Waals surface area (Å²) < 4.78 is 6.61. The van der Waals surface area contributed by atoms with Gasteiger partial charge in [-0.05, 0) is 12.8 Å². The zero-order chi connectivity index (χ0) is 18.4. The molecule has 0 aliphatic heterocycles. The number of rotatable bonds is 9. The zero-order valence-corrected chi connectivity index (χ0v) is 15.0. The first-order valence-electron chi connectivity index (χ1n) is 8.63. The second kappa shape index (κ2) is 8.50. The lowest BCUT2D eigenvalue weighted by Gasteiger charge is -2.20. The molecule has 138 valence electrons. The lowest BCUT2D eigenvalue weighted by molar-refractivity contribution is 0.372. The van der Waals surface area contributed by atoms with E-state index in [-0.39, 0.29) is 18.1 Å². The van der Waals surface area contributed by atoms with Crippen LogP contribution in [0.2, 0.25) is 0 Å². The lowest BCUT2D eigenvalue weighted by Crippen LogP contribution is -2.37. The first-order valence-corrected chi connectivity index (χ1v) is 8.63. The van der Waals surface area contributed by atoms with E-state index in [0.717, 1.165) is 32.1 Å². The number of aryl methyl sites for hydroxylation is 1. The van der Waals surface area contributed by atoms with Gasteiger partial charge in [-0.1, -0.05) is 31.8 Å². The van der Waals surface area contributed by atoms with Crippen LogP contribution in [0.5, 0.6) is 0 Å². The minimum atomic E-state index is -0.525. The van der Waals surface area contributed by atoms with Crippen molar-refractivity contribution in [3.8, 4) is 0 Å². The molecule has 0 unspecified atom stereocenters. The second-order valence-corrected chi connectivity index (χ2v) is 6.06. The third-order valence-corrected chi connectivity index (χ3v) is 3.97. The SMILES string of the molecule is CCCCc1noc(CN(C)c2c(N)n(CCCC)c(=O)[nH]c2=O)n1. The van der Waals surface area contributed by atoms with Gasteiger partial charge in [0.15, 0.2) is 5.82 Å². The third-order valence-electron chi connectivity index (χ3n) is 3.97. The summed E-state index contributed by atoms with van der Waals surface area (Å²) in [4.78, 5) is 32.4. The van der Waals surface area contributed by atoms with Crippen molar-refractivity contribution in [1.29, 1.82) is 0 Å². The Labute approximate surface area is 145 Å². The van der Waals surface area contributed by atoms with Gasteiger partial charge in [0.25, 0.3) is 5.56 Å². The van der Waals surface area contributed by atoms with Gasteiger partial charge >= 0.3 is 5.69 Å². The number of aromatic amines is 1. The number of nitrogens with two attached hydrogens (primary N) is 1. The summed E-state index contributed by atoms with van der Waals surface area (Å²) in [5.74, 6) is 1.20. The maximum Gasteiger partial charge on any atom is 0.330 e. The molecule has 2 aromatic heterocycles. The molecule has 0 fully saturated rings. The van der Waals surface area contributed by atoms with E-state index < -0.39 is 11.2 Å². The number of nitrogens with zero attached hydrogens (tertiary/aromatic N) is 4. The van der Waals surface area contributed by atoms with Crippen molar-refractivity contribution in [2.75, 3.05) is 17.7 Å². The van der Waals surface area contributed by atoms with E-state index in [9.17, 15) is 9.59 Å². The molecule has 0 amide bonds. The Morgan fingerprint density at radius 2 is 1.96 bits per heavy atom. The van der Waals surface area contributed by atoms with Gasteiger partial charge in [-0.25, -0.2) is 4.79 Å². The molecule has 0 aromatic carbocycles. The summed E-state index contributed by atoms with van der Waals surface area (Å²) in [5, 5.41) is 3.93. The summed E-state index contributed by atoms with van der Waals surface area (Å²) in [5.41, 5.74) is 5.29. The molecular formula is C16H26N6O3. The molecule has 2 rings (SSSR count). The largest absolute Gasteiger partial charge is 0.383 e. The van der Waals surface area contributed by atoms with Crippen LogP contribution in [0.3, 0.4) is 0 Å². The van der Waals surface area contributed by atoms with E-state index >= 15 is 0 Å². The smallest absolute Gasteiger partial charge is 0.330 e. The van der Waals surface area contributed by atoms with Gasteiger partial charge in [-0.15, -0.1) is 0 Å². The number of hydrogen-bond acceptors (Lipinski definition) is 7. The number of aromatic nitrogens is 4. The molecule has 2 heterocycles. The molecule has 0 aliphatic carbocycles. The Bertz CT molecular complexity index is 807. The van der Waals surface area contributed by atoms with Crippen molar-refractivity contribution in [3.63, 3.8) is 0 Å². The molecule has 9 heteroatoms. The summed E-state index contributed by atoms with van der Waals surface area (Å²) >= 11 is 0. The molecule has 0 atom stereocenters. The van der Waals surface area contributed by atoms with Gasteiger partial charge in [-0.2, -0.15) is 4.98 Å². The normalized spacial score (nSPS) is 11.0. The number of hydrogen-bond donors (Lipinski definition) is 2. The van der Waals surface area contributed by atoms with Gasteiger partial charge in [0, 0.05) is 20.0 Å². The summed E-state index contributed by atoms with van der Waals surface area (Å²) in [7, 11) is 1.70. The van der Waals surface area contributed by atoms with Crippen LogP contribution in [-0.2, 0) is 19.5 Å². The standard InChI is InChI=1S/C16H26N6O3/c1-4-6-8-11-18-12(25-20-11)10-21(3)13-14(17)22(9-7-5-2)16(24)19-15(13)23/h4-10,17H2,1-3H3,(H,19,23,24). The van der Waals surface area contributed by atoms with Crippen LogP contribution in [0.1, 0.15) is 51.2 Å². The van der Waals surface area contributed by atoms with Gasteiger partial charge in [0.2, 0.25) is 5.89 Å². The number of anilines is 2. The Hall–Kier alpha value is -2.58. The molecule has 0 saturated carbocycles. The topological polar surface area (TPSA) is 123 Å². The van der Waals surface area contributed by atoms with Crippen LogP contribution in [0.25, 0.3) is 0 Å². The Kier molecular flexibility index (Phi) is 6.37. The van der Waals surface area contributed by atoms with Gasteiger partial charge < -0.3 is 15.2 Å². The fourth-order valence-corrected chi connectivity index (χ4v) is 2.56. The average Bonchev–Trinajstić information content (AvgIpc) is 2.99. The molecule has 9 nitrogen and oxygen atoms in total. The molecule has 2 aromatic rings.